The highest BCUT2D eigenvalue weighted by atomic mass is 19.2. The molecule has 0 saturated heterocycles. The Kier molecular flexibility index (Phi) is 2.87. The number of rotatable bonds is 3. The predicted octanol–water partition coefficient (Wildman–Crippen LogP) is 2.81. The molecule has 0 aliphatic rings. The minimum Gasteiger partial charge on any atom is -0.378 e. The molecule has 0 fully saturated rings. The van der Waals surface area contributed by atoms with Crippen molar-refractivity contribution in [3.05, 3.63) is 29.6 Å². The summed E-state index contributed by atoms with van der Waals surface area (Å²) in [6.07, 6.45) is 0.499. The zero-order valence-corrected chi connectivity index (χ0v) is 9.97. The third-order valence-corrected chi connectivity index (χ3v) is 2.74. The van der Waals surface area contributed by atoms with Crippen LogP contribution in [0.2, 0.25) is 0 Å². The lowest BCUT2D eigenvalue weighted by atomic mass is 10.1. The third-order valence-electron chi connectivity index (χ3n) is 2.74. The SMILES string of the molecule is COC(C)(C)Cc1nc2c(F)c(F)ccc2[nH]1. The number of hydrogen-bond donors (Lipinski definition) is 1. The van der Waals surface area contributed by atoms with Gasteiger partial charge in [0.2, 0.25) is 0 Å². The van der Waals surface area contributed by atoms with Crippen LogP contribution in [0.5, 0.6) is 0 Å². The van der Waals surface area contributed by atoms with Crippen molar-refractivity contribution in [2.45, 2.75) is 25.9 Å². The number of ether oxygens (including phenoxy) is 1. The second-order valence-corrected chi connectivity index (χ2v) is 4.58. The van der Waals surface area contributed by atoms with Crippen molar-refractivity contribution in [2.24, 2.45) is 0 Å². The van der Waals surface area contributed by atoms with Gasteiger partial charge in [-0.15, -0.1) is 0 Å². The van der Waals surface area contributed by atoms with Gasteiger partial charge in [-0.1, -0.05) is 0 Å². The fourth-order valence-electron chi connectivity index (χ4n) is 1.63. The van der Waals surface area contributed by atoms with Crippen LogP contribution in [0, 0.1) is 11.6 Å². The highest BCUT2D eigenvalue weighted by Gasteiger charge is 2.20. The number of hydrogen-bond acceptors (Lipinski definition) is 2. The molecule has 1 heterocycles. The van der Waals surface area contributed by atoms with Gasteiger partial charge in [-0.05, 0) is 26.0 Å². The molecule has 0 radical (unpaired) electrons. The van der Waals surface area contributed by atoms with E-state index in [-0.39, 0.29) is 5.52 Å². The standard InChI is InChI=1S/C12H14F2N2O/c1-12(2,17-3)6-9-15-8-5-4-7(13)10(14)11(8)16-9/h4-5H,6H2,1-3H3,(H,15,16). The van der Waals surface area contributed by atoms with Gasteiger partial charge in [-0.3, -0.25) is 0 Å². The van der Waals surface area contributed by atoms with E-state index < -0.39 is 17.2 Å². The Morgan fingerprint density at radius 3 is 2.71 bits per heavy atom. The smallest absolute Gasteiger partial charge is 0.186 e. The summed E-state index contributed by atoms with van der Waals surface area (Å²) in [6.45, 7) is 3.80. The first-order valence-electron chi connectivity index (χ1n) is 5.31. The molecule has 1 aromatic carbocycles. The van der Waals surface area contributed by atoms with Crippen molar-refractivity contribution >= 4 is 11.0 Å². The van der Waals surface area contributed by atoms with Gasteiger partial charge < -0.3 is 9.72 Å². The first-order valence-corrected chi connectivity index (χ1v) is 5.31. The van der Waals surface area contributed by atoms with Crippen LogP contribution in [0.1, 0.15) is 19.7 Å². The first kappa shape index (κ1) is 12.0. The van der Waals surface area contributed by atoms with Gasteiger partial charge in [-0.2, -0.15) is 0 Å². The maximum atomic E-state index is 13.4. The van der Waals surface area contributed by atoms with E-state index in [1.165, 1.54) is 6.07 Å². The van der Waals surface area contributed by atoms with Crippen LogP contribution in [-0.2, 0) is 11.2 Å². The molecule has 0 aliphatic carbocycles. The number of aromatic nitrogens is 2. The molecule has 0 bridgehead atoms. The molecule has 0 atom stereocenters. The summed E-state index contributed by atoms with van der Waals surface area (Å²) >= 11 is 0. The molecule has 5 heteroatoms. The maximum absolute atomic E-state index is 13.4. The summed E-state index contributed by atoms with van der Waals surface area (Å²) in [7, 11) is 1.60. The second kappa shape index (κ2) is 4.07. The zero-order valence-electron chi connectivity index (χ0n) is 9.97. The Balaban J connectivity index is 2.42. The average Bonchev–Trinajstić information content (AvgIpc) is 2.66. The third kappa shape index (κ3) is 2.29. The summed E-state index contributed by atoms with van der Waals surface area (Å²) in [5.41, 5.74) is 0.126. The van der Waals surface area contributed by atoms with Crippen molar-refractivity contribution in [1.29, 1.82) is 0 Å². The highest BCUT2D eigenvalue weighted by Crippen LogP contribution is 2.21. The van der Waals surface area contributed by atoms with Crippen LogP contribution in [0.4, 0.5) is 8.78 Å². The number of nitrogens with one attached hydrogen (secondary N) is 1. The van der Waals surface area contributed by atoms with Crippen LogP contribution in [0.3, 0.4) is 0 Å². The molecular formula is C12H14F2N2O. The Hall–Kier alpha value is -1.49. The van der Waals surface area contributed by atoms with E-state index in [0.29, 0.717) is 17.8 Å². The number of imidazole rings is 1. The molecule has 2 aromatic rings. The Labute approximate surface area is 97.8 Å². The van der Waals surface area contributed by atoms with Gasteiger partial charge in [0, 0.05) is 13.5 Å². The van der Waals surface area contributed by atoms with E-state index in [9.17, 15) is 8.78 Å². The topological polar surface area (TPSA) is 37.9 Å². The minimum absolute atomic E-state index is 0.0342. The molecule has 1 aromatic heterocycles. The summed E-state index contributed by atoms with van der Waals surface area (Å²) in [5.74, 6) is -1.22. The number of methoxy groups -OCH3 is 1. The lowest BCUT2D eigenvalue weighted by Gasteiger charge is -2.21. The molecule has 1 N–H and O–H groups in total. The molecule has 2 rings (SSSR count). The molecule has 0 saturated carbocycles. The van der Waals surface area contributed by atoms with Gasteiger partial charge in [-0.25, -0.2) is 13.8 Å². The molecule has 3 nitrogen and oxygen atoms in total. The summed E-state index contributed by atoms with van der Waals surface area (Å²) < 4.78 is 31.7. The Bertz CT molecular complexity index is 549. The van der Waals surface area contributed by atoms with Gasteiger partial charge in [0.05, 0.1) is 11.1 Å². The molecule has 0 unspecified atom stereocenters. The summed E-state index contributed by atoms with van der Waals surface area (Å²) in [4.78, 5) is 7.01. The Morgan fingerprint density at radius 1 is 1.35 bits per heavy atom. The number of aromatic amines is 1. The second-order valence-electron chi connectivity index (χ2n) is 4.58. The highest BCUT2D eigenvalue weighted by molar-refractivity contribution is 5.75. The quantitative estimate of drug-likeness (QED) is 0.895. The van der Waals surface area contributed by atoms with E-state index in [0.717, 1.165) is 6.07 Å². The fraction of sp³-hybridized carbons (Fsp3) is 0.417. The van der Waals surface area contributed by atoms with Crippen LogP contribution in [0.25, 0.3) is 11.0 Å². The number of nitrogens with zero attached hydrogens (tertiary/aromatic N) is 1. The number of H-pyrrole nitrogens is 1. The predicted molar refractivity (Wildman–Crippen MR) is 60.8 cm³/mol. The van der Waals surface area contributed by atoms with Crippen molar-refractivity contribution in [2.75, 3.05) is 7.11 Å². The maximum Gasteiger partial charge on any atom is 0.186 e. The largest absolute Gasteiger partial charge is 0.378 e. The normalized spacial score (nSPS) is 12.3. The molecule has 0 amide bonds. The molecule has 0 aliphatic heterocycles. The lowest BCUT2D eigenvalue weighted by Crippen LogP contribution is -2.26. The average molecular weight is 240 g/mol. The van der Waals surface area contributed by atoms with Crippen LogP contribution < -0.4 is 0 Å². The van der Waals surface area contributed by atoms with E-state index in [4.69, 9.17) is 4.74 Å². The molecule has 0 spiro atoms. The van der Waals surface area contributed by atoms with E-state index in [2.05, 4.69) is 9.97 Å². The van der Waals surface area contributed by atoms with Gasteiger partial charge in [0.15, 0.2) is 11.6 Å². The first-order chi connectivity index (χ1) is 7.93. The lowest BCUT2D eigenvalue weighted by molar-refractivity contribution is 0.0218. The molecular weight excluding hydrogens is 226 g/mol. The number of benzene rings is 1. The summed E-state index contributed by atoms with van der Waals surface area (Å²) in [5, 5.41) is 0. The Morgan fingerprint density at radius 2 is 2.06 bits per heavy atom. The van der Waals surface area contributed by atoms with Crippen LogP contribution >= 0.6 is 0 Å². The molecule has 92 valence electrons. The zero-order chi connectivity index (χ0) is 12.6. The van der Waals surface area contributed by atoms with Crippen LogP contribution in [0.15, 0.2) is 12.1 Å². The van der Waals surface area contributed by atoms with Crippen molar-refractivity contribution in [1.82, 2.24) is 9.97 Å². The summed E-state index contributed by atoms with van der Waals surface area (Å²) in [6, 6.07) is 2.56. The van der Waals surface area contributed by atoms with Crippen molar-refractivity contribution in [3.8, 4) is 0 Å². The van der Waals surface area contributed by atoms with E-state index in [1.54, 1.807) is 7.11 Å². The number of fused-ring (bicyclic) bond motifs is 1. The monoisotopic (exact) mass is 240 g/mol. The van der Waals surface area contributed by atoms with E-state index in [1.807, 2.05) is 13.8 Å². The van der Waals surface area contributed by atoms with Gasteiger partial charge >= 0.3 is 0 Å². The van der Waals surface area contributed by atoms with Crippen molar-refractivity contribution < 1.29 is 13.5 Å². The molecule has 17 heavy (non-hydrogen) atoms. The van der Waals surface area contributed by atoms with Gasteiger partial charge in [0.1, 0.15) is 11.3 Å². The van der Waals surface area contributed by atoms with Crippen LogP contribution in [-0.4, -0.2) is 22.7 Å². The fourth-order valence-corrected chi connectivity index (χ4v) is 1.63. The van der Waals surface area contributed by atoms with E-state index >= 15 is 0 Å². The minimum atomic E-state index is -0.916. The number of halogens is 2. The van der Waals surface area contributed by atoms with Gasteiger partial charge in [0.25, 0.3) is 0 Å². The van der Waals surface area contributed by atoms with Crippen molar-refractivity contribution in [3.63, 3.8) is 0 Å².